The third-order valence-electron chi connectivity index (χ3n) is 9.66. The molecule has 2 aromatic heterocycles. The molecule has 6 heterocycles. The van der Waals surface area contributed by atoms with Gasteiger partial charge >= 0.3 is 6.01 Å². The van der Waals surface area contributed by atoms with Crippen LogP contribution >= 0.6 is 11.6 Å². The van der Waals surface area contributed by atoms with Gasteiger partial charge < -0.3 is 20.7 Å². The summed E-state index contributed by atoms with van der Waals surface area (Å²) in [7, 11) is 0. The van der Waals surface area contributed by atoms with Crippen LogP contribution in [0.5, 0.6) is 6.01 Å². The molecule has 2 aromatic carbocycles. The van der Waals surface area contributed by atoms with Gasteiger partial charge in [-0.25, -0.2) is 18.2 Å². The zero-order valence-electron chi connectivity index (χ0n) is 23.4. The number of nitrogen functional groups attached to an aromatic ring is 1. The lowest BCUT2D eigenvalue weighted by molar-refractivity contribution is 0.107. The Labute approximate surface area is 251 Å². The van der Waals surface area contributed by atoms with Gasteiger partial charge in [0.15, 0.2) is 5.82 Å². The molecule has 4 atom stereocenters. The number of hydrogen-bond acceptors (Lipinski definition) is 8. The fourth-order valence-corrected chi connectivity index (χ4v) is 8.06. The number of fused-ring (bicyclic) bond motifs is 5. The number of ether oxygens (including phenoxy) is 1. The predicted octanol–water partition coefficient (Wildman–Crippen LogP) is 5.25. The smallest absolute Gasteiger partial charge is 0.319 e. The molecule has 43 heavy (non-hydrogen) atoms. The minimum absolute atomic E-state index is 0.00879. The highest BCUT2D eigenvalue weighted by atomic mass is 35.5. The van der Waals surface area contributed by atoms with Crippen molar-refractivity contribution in [2.45, 2.75) is 55.9 Å². The summed E-state index contributed by atoms with van der Waals surface area (Å²) in [6, 6.07) is 8.28. The zero-order chi connectivity index (χ0) is 29.5. The monoisotopic (exact) mass is 609 g/mol. The Morgan fingerprint density at radius 1 is 1.09 bits per heavy atom. The lowest BCUT2D eigenvalue weighted by Crippen LogP contribution is -2.51. The summed E-state index contributed by atoms with van der Waals surface area (Å²) in [5, 5.41) is 4.54. The fraction of sp³-hybridized carbons (Fsp3) is 0.452. The first-order valence-corrected chi connectivity index (χ1v) is 15.2. The van der Waals surface area contributed by atoms with Crippen LogP contribution in [-0.4, -0.2) is 76.4 Å². The Morgan fingerprint density at radius 2 is 1.91 bits per heavy atom. The van der Waals surface area contributed by atoms with Crippen LogP contribution in [0.3, 0.4) is 0 Å². The van der Waals surface area contributed by atoms with Crippen molar-refractivity contribution in [1.29, 1.82) is 0 Å². The van der Waals surface area contributed by atoms with Crippen LogP contribution in [0.4, 0.5) is 24.8 Å². The molecule has 4 aliphatic heterocycles. The average Bonchev–Trinajstić information content (AvgIpc) is 3.62. The number of rotatable bonds is 5. The maximum atomic E-state index is 16.7. The maximum absolute atomic E-state index is 16.7. The van der Waals surface area contributed by atoms with E-state index in [1.165, 1.54) is 12.1 Å². The fourth-order valence-electron chi connectivity index (χ4n) is 7.79. The van der Waals surface area contributed by atoms with Gasteiger partial charge in [-0.15, -0.1) is 0 Å². The highest BCUT2D eigenvalue weighted by Gasteiger charge is 2.49. The third-order valence-corrected chi connectivity index (χ3v) is 9.98. The van der Waals surface area contributed by atoms with Gasteiger partial charge in [0.2, 0.25) is 0 Å². The first-order chi connectivity index (χ1) is 20.8. The number of nitrogens with two attached hydrogens (primary N) is 1. The van der Waals surface area contributed by atoms with Crippen molar-refractivity contribution < 1.29 is 17.9 Å². The van der Waals surface area contributed by atoms with Crippen molar-refractivity contribution in [2.75, 3.05) is 43.4 Å². The lowest BCUT2D eigenvalue weighted by atomic mass is 9.95. The van der Waals surface area contributed by atoms with E-state index >= 15 is 8.78 Å². The van der Waals surface area contributed by atoms with E-state index in [1.807, 2.05) is 0 Å². The number of hydrogen-bond donors (Lipinski definition) is 2. The van der Waals surface area contributed by atoms with E-state index in [0.29, 0.717) is 47.8 Å². The number of pyridine rings is 1. The van der Waals surface area contributed by atoms with Crippen LogP contribution in [0, 0.1) is 11.6 Å². The van der Waals surface area contributed by atoms with Crippen molar-refractivity contribution in [3.8, 4) is 17.1 Å². The highest BCUT2D eigenvalue weighted by molar-refractivity contribution is 6.36. The number of benzene rings is 2. The van der Waals surface area contributed by atoms with Gasteiger partial charge in [0.1, 0.15) is 35.7 Å². The Hall–Kier alpha value is -3.41. The predicted molar refractivity (Wildman–Crippen MR) is 160 cm³/mol. The summed E-state index contributed by atoms with van der Waals surface area (Å²) >= 11 is 6.52. The topological polar surface area (TPSA) is 92.4 Å². The van der Waals surface area contributed by atoms with E-state index in [1.54, 1.807) is 18.2 Å². The number of piperazine rings is 1. The number of anilines is 2. The van der Waals surface area contributed by atoms with Gasteiger partial charge in [0, 0.05) is 54.5 Å². The molecule has 2 unspecified atom stereocenters. The summed E-state index contributed by atoms with van der Waals surface area (Å²) < 4.78 is 53.5. The van der Waals surface area contributed by atoms with Gasteiger partial charge in [-0.1, -0.05) is 17.7 Å². The Kier molecular flexibility index (Phi) is 6.36. The van der Waals surface area contributed by atoms with E-state index < -0.39 is 23.3 Å². The molecular weight excluding hydrogens is 579 g/mol. The molecule has 4 aliphatic rings. The van der Waals surface area contributed by atoms with Gasteiger partial charge in [0.05, 0.1) is 21.6 Å². The molecule has 8 rings (SSSR count). The van der Waals surface area contributed by atoms with E-state index in [9.17, 15) is 4.39 Å². The summed E-state index contributed by atoms with van der Waals surface area (Å²) in [6.07, 6.45) is 3.31. The second kappa shape index (κ2) is 10.1. The molecule has 0 amide bonds. The molecule has 8 nitrogen and oxygen atoms in total. The minimum Gasteiger partial charge on any atom is -0.461 e. The molecule has 0 spiro atoms. The van der Waals surface area contributed by atoms with Gasteiger partial charge in [-0.2, -0.15) is 9.97 Å². The largest absolute Gasteiger partial charge is 0.461 e. The van der Waals surface area contributed by atoms with Crippen molar-refractivity contribution in [2.24, 2.45) is 0 Å². The van der Waals surface area contributed by atoms with E-state index in [0.717, 1.165) is 32.2 Å². The van der Waals surface area contributed by atoms with Crippen molar-refractivity contribution in [1.82, 2.24) is 25.2 Å². The zero-order valence-corrected chi connectivity index (χ0v) is 24.2. The molecular formula is C31H31ClF3N7O. The molecule has 0 aliphatic carbocycles. The maximum Gasteiger partial charge on any atom is 0.319 e. The molecule has 4 fully saturated rings. The second-order valence-corrected chi connectivity index (χ2v) is 12.8. The molecule has 2 bridgehead atoms. The minimum atomic E-state index is -0.911. The standard InChI is InChI=1S/C31H31ClF3N7O/c32-21-3-1-4-23-25(21)19(10-24(36)38-23)26-22(34)9-20-28(27(26)35)39-30(40-29(20)41-13-17-5-6-18(14-41)37-17)43-15-31-7-2-8-42(31)12-16(33)11-31/h1,3-4,9-10,16-18,37H,2,5-8,11-15H2,(H2,36,38)/t16-,17?,18?,31+/m1/s1. The van der Waals surface area contributed by atoms with Gasteiger partial charge in [-0.3, -0.25) is 4.90 Å². The number of nitrogens with one attached hydrogen (secondary N) is 1. The van der Waals surface area contributed by atoms with Crippen LogP contribution in [0.25, 0.3) is 32.9 Å². The molecule has 4 aromatic rings. The average molecular weight is 610 g/mol. The number of aromatic nitrogens is 3. The first-order valence-electron chi connectivity index (χ1n) is 14.9. The van der Waals surface area contributed by atoms with E-state index in [4.69, 9.17) is 27.1 Å². The van der Waals surface area contributed by atoms with Crippen molar-refractivity contribution >= 4 is 45.0 Å². The van der Waals surface area contributed by atoms with Crippen LogP contribution in [0.15, 0.2) is 30.3 Å². The van der Waals surface area contributed by atoms with E-state index in [-0.39, 0.29) is 52.5 Å². The second-order valence-electron chi connectivity index (χ2n) is 12.4. The van der Waals surface area contributed by atoms with Gasteiger partial charge in [-0.05, 0) is 56.5 Å². The van der Waals surface area contributed by atoms with Crippen LogP contribution < -0.4 is 20.7 Å². The summed E-state index contributed by atoms with van der Waals surface area (Å²) in [5.74, 6) is -1.11. The van der Waals surface area contributed by atoms with Crippen molar-refractivity contribution in [3.63, 3.8) is 0 Å². The Morgan fingerprint density at radius 3 is 2.72 bits per heavy atom. The normalized spacial score (nSPS) is 27.0. The Bertz CT molecular complexity index is 1760. The quantitative estimate of drug-likeness (QED) is 0.317. The van der Waals surface area contributed by atoms with Crippen LogP contribution in [-0.2, 0) is 0 Å². The molecule has 3 N–H and O–H groups in total. The first kappa shape index (κ1) is 27.2. The molecule has 0 radical (unpaired) electrons. The summed E-state index contributed by atoms with van der Waals surface area (Å²) in [6.45, 7) is 2.70. The van der Waals surface area contributed by atoms with Crippen molar-refractivity contribution in [3.05, 3.63) is 47.0 Å². The third kappa shape index (κ3) is 4.46. The van der Waals surface area contributed by atoms with E-state index in [2.05, 4.69) is 25.1 Å². The summed E-state index contributed by atoms with van der Waals surface area (Å²) in [4.78, 5) is 17.8. The number of alkyl halides is 1. The van der Waals surface area contributed by atoms with Crippen LogP contribution in [0.1, 0.15) is 32.1 Å². The molecule has 12 heteroatoms. The molecule has 224 valence electrons. The van der Waals surface area contributed by atoms with Crippen LogP contribution in [0.2, 0.25) is 5.02 Å². The Balaban J connectivity index is 1.28. The SMILES string of the molecule is Nc1cc(-c2c(F)cc3c(N4CC5CCC(C4)N5)nc(OC[C@@]45CCCN4C[C@H](F)C5)nc3c2F)c2c(Cl)cccc2n1. The number of nitrogens with zero attached hydrogens (tertiary/aromatic N) is 5. The van der Waals surface area contributed by atoms with Gasteiger partial charge in [0.25, 0.3) is 0 Å². The molecule has 0 saturated carbocycles. The number of halogens is 4. The molecule has 4 saturated heterocycles. The lowest BCUT2D eigenvalue weighted by Gasteiger charge is -2.34. The summed E-state index contributed by atoms with van der Waals surface area (Å²) in [5.41, 5.74) is 5.89. The highest BCUT2D eigenvalue weighted by Crippen LogP contribution is 2.43.